The molecule has 4 heteroatoms. The number of ether oxygens (including phenoxy) is 1. The van der Waals surface area contributed by atoms with E-state index >= 15 is 0 Å². The Kier molecular flexibility index (Phi) is 4.08. The monoisotopic (exact) mass is 267 g/mol. The van der Waals surface area contributed by atoms with Gasteiger partial charge >= 0.3 is 5.97 Å². The van der Waals surface area contributed by atoms with E-state index in [9.17, 15) is 9.90 Å². The van der Waals surface area contributed by atoms with E-state index in [1.807, 2.05) is 0 Å². The lowest BCUT2D eigenvalue weighted by molar-refractivity contribution is -0.147. The standard InChI is InChI=1S/C15H25NO3/c17-15(18)14(11-5-1-2-6-11)16-9-3-7-12(16)13-8-4-10-19-13/h11-14H,1-10H2,(H,17,18). The average molecular weight is 267 g/mol. The molecular formula is C15H25NO3. The fourth-order valence-electron chi connectivity index (χ4n) is 4.35. The van der Waals surface area contributed by atoms with Crippen LogP contribution in [0.2, 0.25) is 0 Å². The molecule has 0 bridgehead atoms. The minimum absolute atomic E-state index is 0.265. The second kappa shape index (κ2) is 5.80. The molecule has 4 nitrogen and oxygen atoms in total. The van der Waals surface area contributed by atoms with Crippen LogP contribution in [-0.2, 0) is 9.53 Å². The van der Waals surface area contributed by atoms with Crippen molar-refractivity contribution in [2.45, 2.75) is 69.6 Å². The van der Waals surface area contributed by atoms with Gasteiger partial charge in [-0.05, 0) is 51.0 Å². The summed E-state index contributed by atoms with van der Waals surface area (Å²) < 4.78 is 5.83. The van der Waals surface area contributed by atoms with Gasteiger partial charge in [-0.15, -0.1) is 0 Å². The van der Waals surface area contributed by atoms with Crippen LogP contribution in [0.1, 0.15) is 51.4 Å². The van der Waals surface area contributed by atoms with Gasteiger partial charge in [-0.2, -0.15) is 0 Å². The zero-order valence-electron chi connectivity index (χ0n) is 11.6. The third-order valence-electron chi connectivity index (χ3n) is 5.19. The molecule has 2 aliphatic heterocycles. The van der Waals surface area contributed by atoms with E-state index in [4.69, 9.17) is 4.74 Å². The maximum atomic E-state index is 11.8. The highest BCUT2D eigenvalue weighted by atomic mass is 16.5. The van der Waals surface area contributed by atoms with Crippen molar-refractivity contribution in [3.05, 3.63) is 0 Å². The predicted molar refractivity (Wildman–Crippen MR) is 72.1 cm³/mol. The molecule has 108 valence electrons. The summed E-state index contributed by atoms with van der Waals surface area (Å²) in [6.45, 7) is 1.80. The molecule has 1 saturated carbocycles. The van der Waals surface area contributed by atoms with Crippen LogP contribution in [0.25, 0.3) is 0 Å². The number of carboxylic acids is 1. The highest BCUT2D eigenvalue weighted by Crippen LogP contribution is 2.36. The maximum absolute atomic E-state index is 11.8. The van der Waals surface area contributed by atoms with E-state index in [0.717, 1.165) is 51.7 Å². The molecule has 19 heavy (non-hydrogen) atoms. The number of carboxylic acid groups (broad SMARTS) is 1. The highest BCUT2D eigenvalue weighted by Gasteiger charge is 2.43. The topological polar surface area (TPSA) is 49.8 Å². The zero-order valence-corrected chi connectivity index (χ0v) is 11.6. The molecule has 3 rings (SSSR count). The molecule has 2 saturated heterocycles. The van der Waals surface area contributed by atoms with E-state index in [2.05, 4.69) is 4.90 Å². The molecule has 0 aromatic heterocycles. The maximum Gasteiger partial charge on any atom is 0.321 e. The molecule has 3 fully saturated rings. The normalized spacial score (nSPS) is 34.9. The fraction of sp³-hybridized carbons (Fsp3) is 0.933. The van der Waals surface area contributed by atoms with Crippen molar-refractivity contribution in [1.82, 2.24) is 4.90 Å². The minimum atomic E-state index is -0.614. The van der Waals surface area contributed by atoms with E-state index in [0.29, 0.717) is 12.0 Å². The van der Waals surface area contributed by atoms with Gasteiger partial charge in [0.25, 0.3) is 0 Å². The summed E-state index contributed by atoms with van der Waals surface area (Å²) in [7, 11) is 0. The van der Waals surface area contributed by atoms with Crippen LogP contribution in [0.4, 0.5) is 0 Å². The molecule has 1 aliphatic carbocycles. The first-order valence-electron chi connectivity index (χ1n) is 7.87. The van der Waals surface area contributed by atoms with Gasteiger partial charge in [0.2, 0.25) is 0 Å². The molecule has 0 aromatic rings. The fourth-order valence-corrected chi connectivity index (χ4v) is 4.35. The Balaban J connectivity index is 1.74. The van der Waals surface area contributed by atoms with Gasteiger partial charge in [-0.3, -0.25) is 9.69 Å². The van der Waals surface area contributed by atoms with Crippen LogP contribution in [0.5, 0.6) is 0 Å². The van der Waals surface area contributed by atoms with Gasteiger partial charge in [-0.25, -0.2) is 0 Å². The summed E-state index contributed by atoms with van der Waals surface area (Å²) in [6.07, 6.45) is 9.35. The molecule has 2 heterocycles. The van der Waals surface area contributed by atoms with Crippen molar-refractivity contribution < 1.29 is 14.6 Å². The number of likely N-dealkylation sites (tertiary alicyclic amines) is 1. The molecule has 3 unspecified atom stereocenters. The number of aliphatic carboxylic acids is 1. The van der Waals surface area contributed by atoms with E-state index in [1.165, 1.54) is 12.8 Å². The van der Waals surface area contributed by atoms with Crippen LogP contribution in [0, 0.1) is 5.92 Å². The SMILES string of the molecule is O=C(O)C(C1CCCC1)N1CCCC1C1CCCO1. The van der Waals surface area contributed by atoms with Gasteiger partial charge in [0.15, 0.2) is 0 Å². The molecule has 3 aliphatic rings. The predicted octanol–water partition coefficient (Wildman–Crippen LogP) is 2.27. The van der Waals surface area contributed by atoms with Crippen LogP contribution < -0.4 is 0 Å². The molecule has 3 atom stereocenters. The largest absolute Gasteiger partial charge is 0.480 e. The van der Waals surface area contributed by atoms with Crippen LogP contribution in [-0.4, -0.2) is 47.3 Å². The summed E-state index contributed by atoms with van der Waals surface area (Å²) >= 11 is 0. The average Bonchev–Trinajstić information content (AvgIpc) is 3.11. The summed E-state index contributed by atoms with van der Waals surface area (Å²) in [6, 6.07) is 0.0865. The number of hydrogen-bond acceptors (Lipinski definition) is 3. The van der Waals surface area contributed by atoms with Gasteiger partial charge in [0, 0.05) is 12.6 Å². The number of nitrogens with zero attached hydrogens (tertiary/aromatic N) is 1. The Hall–Kier alpha value is -0.610. The molecule has 0 radical (unpaired) electrons. The summed E-state index contributed by atoms with van der Waals surface area (Å²) in [5.41, 5.74) is 0. The van der Waals surface area contributed by atoms with Crippen LogP contribution >= 0.6 is 0 Å². The van der Waals surface area contributed by atoms with Gasteiger partial charge < -0.3 is 9.84 Å². The molecular weight excluding hydrogens is 242 g/mol. The zero-order chi connectivity index (χ0) is 13.2. The molecule has 0 spiro atoms. The molecule has 1 N–H and O–H groups in total. The smallest absolute Gasteiger partial charge is 0.321 e. The van der Waals surface area contributed by atoms with Crippen molar-refractivity contribution in [3.8, 4) is 0 Å². The first-order valence-corrected chi connectivity index (χ1v) is 7.87. The summed E-state index contributed by atoms with van der Waals surface area (Å²) in [5, 5.41) is 9.67. The van der Waals surface area contributed by atoms with Crippen molar-refractivity contribution >= 4 is 5.97 Å². The Morgan fingerprint density at radius 2 is 1.89 bits per heavy atom. The number of hydrogen-bond donors (Lipinski definition) is 1. The molecule has 0 amide bonds. The first kappa shape index (κ1) is 13.4. The van der Waals surface area contributed by atoms with E-state index in [-0.39, 0.29) is 12.1 Å². The van der Waals surface area contributed by atoms with Crippen molar-refractivity contribution in [2.75, 3.05) is 13.2 Å². The van der Waals surface area contributed by atoms with Gasteiger partial charge in [0.05, 0.1) is 6.10 Å². The van der Waals surface area contributed by atoms with Crippen molar-refractivity contribution in [3.63, 3.8) is 0 Å². The van der Waals surface area contributed by atoms with Gasteiger partial charge in [0.1, 0.15) is 6.04 Å². The quantitative estimate of drug-likeness (QED) is 0.849. The number of rotatable bonds is 4. The second-order valence-corrected chi connectivity index (χ2v) is 6.33. The Morgan fingerprint density at radius 3 is 2.53 bits per heavy atom. The molecule has 0 aromatic carbocycles. The summed E-state index contributed by atoms with van der Waals surface area (Å²) in [5.74, 6) is -0.253. The minimum Gasteiger partial charge on any atom is -0.480 e. The van der Waals surface area contributed by atoms with Crippen LogP contribution in [0.3, 0.4) is 0 Å². The van der Waals surface area contributed by atoms with Crippen molar-refractivity contribution in [1.29, 1.82) is 0 Å². The van der Waals surface area contributed by atoms with E-state index < -0.39 is 5.97 Å². The lowest BCUT2D eigenvalue weighted by atomic mass is 9.94. The highest BCUT2D eigenvalue weighted by molar-refractivity contribution is 5.74. The third kappa shape index (κ3) is 2.65. The first-order chi connectivity index (χ1) is 9.27. The van der Waals surface area contributed by atoms with Crippen LogP contribution in [0.15, 0.2) is 0 Å². The Bertz CT molecular complexity index is 321. The van der Waals surface area contributed by atoms with E-state index in [1.54, 1.807) is 0 Å². The third-order valence-corrected chi connectivity index (χ3v) is 5.19. The van der Waals surface area contributed by atoms with Crippen molar-refractivity contribution in [2.24, 2.45) is 5.92 Å². The lowest BCUT2D eigenvalue weighted by Gasteiger charge is -2.36. The summed E-state index contributed by atoms with van der Waals surface area (Å²) in [4.78, 5) is 14.0. The number of carbonyl (C=O) groups is 1. The lowest BCUT2D eigenvalue weighted by Crippen LogP contribution is -2.51. The Labute approximate surface area is 115 Å². The van der Waals surface area contributed by atoms with Gasteiger partial charge in [-0.1, -0.05) is 12.8 Å². The second-order valence-electron chi connectivity index (χ2n) is 6.33. The Morgan fingerprint density at radius 1 is 1.11 bits per heavy atom.